The van der Waals surface area contributed by atoms with Gasteiger partial charge in [0.2, 0.25) is 0 Å². The highest BCUT2D eigenvalue weighted by Gasteiger charge is 2.20. The topological polar surface area (TPSA) is 12.0 Å². The quantitative estimate of drug-likeness (QED) is 0.848. The zero-order valence-electron chi connectivity index (χ0n) is 11.4. The Balaban J connectivity index is 1.88. The molecule has 0 spiro atoms. The van der Waals surface area contributed by atoms with Crippen LogP contribution < -0.4 is 5.32 Å². The smallest absolute Gasteiger partial charge is 0.0607 e. The SMILES string of the molecule is Cc1ccc(NC2CSCc3ccccc32)c(C)c1. The normalized spacial score (nSPS) is 17.9. The molecule has 1 unspecified atom stereocenters. The Kier molecular flexibility index (Phi) is 3.52. The third-order valence-electron chi connectivity index (χ3n) is 3.68. The van der Waals surface area contributed by atoms with Gasteiger partial charge in [0.25, 0.3) is 0 Å². The number of anilines is 1. The molecule has 0 saturated carbocycles. The van der Waals surface area contributed by atoms with Crippen molar-refractivity contribution in [1.82, 2.24) is 0 Å². The van der Waals surface area contributed by atoms with E-state index in [4.69, 9.17) is 0 Å². The summed E-state index contributed by atoms with van der Waals surface area (Å²) in [6, 6.07) is 15.8. The summed E-state index contributed by atoms with van der Waals surface area (Å²) in [7, 11) is 0. The number of thioether (sulfide) groups is 1. The largest absolute Gasteiger partial charge is 0.377 e. The monoisotopic (exact) mass is 269 g/mol. The summed E-state index contributed by atoms with van der Waals surface area (Å²) in [5.41, 5.74) is 6.84. The van der Waals surface area contributed by atoms with Gasteiger partial charge in [0.15, 0.2) is 0 Å². The average molecular weight is 269 g/mol. The number of aryl methyl sites for hydroxylation is 2. The molecule has 98 valence electrons. The van der Waals surface area contributed by atoms with Gasteiger partial charge in [-0.15, -0.1) is 0 Å². The summed E-state index contributed by atoms with van der Waals surface area (Å²) >= 11 is 2.01. The van der Waals surface area contributed by atoms with Gasteiger partial charge < -0.3 is 5.32 Å². The van der Waals surface area contributed by atoms with E-state index in [1.807, 2.05) is 11.8 Å². The fourth-order valence-corrected chi connectivity index (χ4v) is 3.76. The van der Waals surface area contributed by atoms with Crippen molar-refractivity contribution >= 4 is 17.4 Å². The van der Waals surface area contributed by atoms with E-state index in [0.29, 0.717) is 6.04 Å². The van der Waals surface area contributed by atoms with Crippen molar-refractivity contribution in [3.8, 4) is 0 Å². The van der Waals surface area contributed by atoms with Crippen LogP contribution in [-0.2, 0) is 5.75 Å². The number of benzene rings is 2. The van der Waals surface area contributed by atoms with E-state index in [-0.39, 0.29) is 0 Å². The molecule has 1 aliphatic rings. The van der Waals surface area contributed by atoms with Gasteiger partial charge in [-0.05, 0) is 36.6 Å². The molecular weight excluding hydrogens is 250 g/mol. The first-order valence-corrected chi connectivity index (χ1v) is 7.89. The number of nitrogens with one attached hydrogen (secondary N) is 1. The van der Waals surface area contributed by atoms with E-state index in [2.05, 4.69) is 61.6 Å². The van der Waals surface area contributed by atoms with Gasteiger partial charge in [-0.1, -0.05) is 42.0 Å². The van der Waals surface area contributed by atoms with Crippen LogP contribution in [0, 0.1) is 13.8 Å². The van der Waals surface area contributed by atoms with Crippen molar-refractivity contribution in [2.75, 3.05) is 11.1 Å². The van der Waals surface area contributed by atoms with Crippen LogP contribution in [0.1, 0.15) is 28.3 Å². The summed E-state index contributed by atoms with van der Waals surface area (Å²) in [5, 5.41) is 3.71. The predicted molar refractivity (Wildman–Crippen MR) is 84.9 cm³/mol. The molecule has 0 radical (unpaired) electrons. The lowest BCUT2D eigenvalue weighted by atomic mass is 10.0. The summed E-state index contributed by atoms with van der Waals surface area (Å²) in [5.74, 6) is 2.28. The molecule has 0 amide bonds. The van der Waals surface area contributed by atoms with Crippen molar-refractivity contribution in [3.05, 3.63) is 64.7 Å². The lowest BCUT2D eigenvalue weighted by molar-refractivity contribution is 0.869. The standard InChI is InChI=1S/C17H19NS/c1-12-7-8-16(13(2)9-12)18-17-11-19-10-14-5-3-4-6-15(14)17/h3-9,17-18H,10-11H2,1-2H3. The molecule has 0 aliphatic carbocycles. The lowest BCUT2D eigenvalue weighted by Gasteiger charge is -2.27. The second-order valence-electron chi connectivity index (χ2n) is 5.23. The molecule has 19 heavy (non-hydrogen) atoms. The van der Waals surface area contributed by atoms with Crippen LogP contribution in [0.3, 0.4) is 0 Å². The molecule has 2 heteroatoms. The summed E-state index contributed by atoms with van der Waals surface area (Å²) in [4.78, 5) is 0. The molecule has 1 atom stereocenters. The van der Waals surface area contributed by atoms with E-state index < -0.39 is 0 Å². The van der Waals surface area contributed by atoms with Gasteiger partial charge in [-0.3, -0.25) is 0 Å². The lowest BCUT2D eigenvalue weighted by Crippen LogP contribution is -2.19. The maximum Gasteiger partial charge on any atom is 0.0607 e. The number of rotatable bonds is 2. The molecule has 2 aromatic rings. The second-order valence-corrected chi connectivity index (χ2v) is 6.26. The molecular formula is C17H19NS. The van der Waals surface area contributed by atoms with Gasteiger partial charge in [0, 0.05) is 17.2 Å². The highest BCUT2D eigenvalue weighted by atomic mass is 32.2. The number of hydrogen-bond acceptors (Lipinski definition) is 2. The first-order valence-electron chi connectivity index (χ1n) is 6.73. The minimum Gasteiger partial charge on any atom is -0.377 e. The maximum atomic E-state index is 3.71. The van der Waals surface area contributed by atoms with Crippen molar-refractivity contribution in [2.45, 2.75) is 25.6 Å². The van der Waals surface area contributed by atoms with Crippen LogP contribution in [0.4, 0.5) is 5.69 Å². The Labute approximate surface area is 119 Å². The Hall–Kier alpha value is -1.41. The van der Waals surface area contributed by atoms with Crippen LogP contribution in [0.2, 0.25) is 0 Å². The molecule has 1 N–H and O–H groups in total. The highest BCUT2D eigenvalue weighted by molar-refractivity contribution is 7.98. The summed E-state index contributed by atoms with van der Waals surface area (Å²) < 4.78 is 0. The molecule has 1 aliphatic heterocycles. The van der Waals surface area contributed by atoms with Crippen LogP contribution in [-0.4, -0.2) is 5.75 Å². The van der Waals surface area contributed by atoms with Crippen LogP contribution in [0.25, 0.3) is 0 Å². The van der Waals surface area contributed by atoms with Crippen molar-refractivity contribution in [1.29, 1.82) is 0 Å². The van der Waals surface area contributed by atoms with Gasteiger partial charge in [-0.25, -0.2) is 0 Å². The van der Waals surface area contributed by atoms with Crippen LogP contribution in [0.15, 0.2) is 42.5 Å². The molecule has 1 nitrogen and oxygen atoms in total. The Morgan fingerprint density at radius 1 is 1.11 bits per heavy atom. The number of fused-ring (bicyclic) bond motifs is 1. The number of hydrogen-bond donors (Lipinski definition) is 1. The van der Waals surface area contributed by atoms with Gasteiger partial charge >= 0.3 is 0 Å². The van der Waals surface area contributed by atoms with Gasteiger partial charge in [-0.2, -0.15) is 11.8 Å². The molecule has 1 heterocycles. The Bertz CT molecular complexity index is 592. The summed E-state index contributed by atoms with van der Waals surface area (Å²) in [6.45, 7) is 4.32. The van der Waals surface area contributed by atoms with E-state index in [9.17, 15) is 0 Å². The van der Waals surface area contributed by atoms with Crippen LogP contribution >= 0.6 is 11.8 Å². The fraction of sp³-hybridized carbons (Fsp3) is 0.294. The zero-order chi connectivity index (χ0) is 13.2. The minimum absolute atomic E-state index is 0.427. The van der Waals surface area contributed by atoms with E-state index in [0.717, 1.165) is 11.5 Å². The Morgan fingerprint density at radius 2 is 1.95 bits per heavy atom. The third kappa shape index (κ3) is 2.64. The fourth-order valence-electron chi connectivity index (χ4n) is 2.66. The van der Waals surface area contributed by atoms with Crippen LogP contribution in [0.5, 0.6) is 0 Å². The van der Waals surface area contributed by atoms with Crippen molar-refractivity contribution < 1.29 is 0 Å². The molecule has 0 saturated heterocycles. The minimum atomic E-state index is 0.427. The van der Waals surface area contributed by atoms with Crippen molar-refractivity contribution in [2.24, 2.45) is 0 Å². The maximum absolute atomic E-state index is 3.71. The van der Waals surface area contributed by atoms with Gasteiger partial charge in [0.05, 0.1) is 6.04 Å². The highest BCUT2D eigenvalue weighted by Crippen LogP contribution is 2.34. The second kappa shape index (κ2) is 5.30. The molecule has 0 bridgehead atoms. The third-order valence-corrected chi connectivity index (χ3v) is 4.77. The molecule has 0 aromatic heterocycles. The molecule has 2 aromatic carbocycles. The molecule has 0 fully saturated rings. The summed E-state index contributed by atoms with van der Waals surface area (Å²) in [6.07, 6.45) is 0. The first kappa shape index (κ1) is 12.6. The zero-order valence-corrected chi connectivity index (χ0v) is 12.3. The average Bonchev–Trinajstić information content (AvgIpc) is 2.42. The van der Waals surface area contributed by atoms with Gasteiger partial charge in [0.1, 0.15) is 0 Å². The molecule has 3 rings (SSSR count). The first-order chi connectivity index (χ1) is 9.24. The van der Waals surface area contributed by atoms with E-state index in [1.165, 1.54) is 27.9 Å². The Morgan fingerprint density at radius 3 is 2.79 bits per heavy atom. The van der Waals surface area contributed by atoms with E-state index >= 15 is 0 Å². The van der Waals surface area contributed by atoms with Crippen molar-refractivity contribution in [3.63, 3.8) is 0 Å². The van der Waals surface area contributed by atoms with E-state index in [1.54, 1.807) is 0 Å². The predicted octanol–water partition coefficient (Wildman–Crippen LogP) is 4.70.